The molecule has 0 aromatic rings. The molecular formula is C21H32N6O. The zero-order valence-corrected chi connectivity index (χ0v) is 17.0. The highest BCUT2D eigenvalue weighted by Gasteiger charge is 2.20. The van der Waals surface area contributed by atoms with Crippen molar-refractivity contribution in [2.24, 2.45) is 20.7 Å². The Morgan fingerprint density at radius 1 is 1.32 bits per heavy atom. The van der Waals surface area contributed by atoms with Crippen LogP contribution in [0.25, 0.3) is 0 Å². The van der Waals surface area contributed by atoms with E-state index in [4.69, 9.17) is 15.5 Å². The van der Waals surface area contributed by atoms with Crippen molar-refractivity contribution in [2.75, 3.05) is 53.5 Å². The second-order valence-corrected chi connectivity index (χ2v) is 6.41. The molecule has 2 aliphatic heterocycles. The van der Waals surface area contributed by atoms with E-state index in [1.807, 2.05) is 24.3 Å². The smallest absolute Gasteiger partial charge is 0.154 e. The van der Waals surface area contributed by atoms with Gasteiger partial charge in [-0.05, 0) is 43.3 Å². The van der Waals surface area contributed by atoms with E-state index in [1.165, 1.54) is 0 Å². The van der Waals surface area contributed by atoms with Crippen LogP contribution in [0.15, 0.2) is 63.3 Å². The average molecular weight is 385 g/mol. The van der Waals surface area contributed by atoms with Crippen LogP contribution in [0.4, 0.5) is 0 Å². The monoisotopic (exact) mass is 384 g/mol. The van der Waals surface area contributed by atoms with Gasteiger partial charge in [0.2, 0.25) is 0 Å². The summed E-state index contributed by atoms with van der Waals surface area (Å²) in [5.41, 5.74) is 8.90. The number of amidine groups is 1. The number of nitrogens with two attached hydrogens (primary N) is 1. The van der Waals surface area contributed by atoms with Crippen molar-refractivity contribution >= 4 is 17.3 Å². The van der Waals surface area contributed by atoms with Crippen molar-refractivity contribution in [1.29, 1.82) is 0 Å². The summed E-state index contributed by atoms with van der Waals surface area (Å²) >= 11 is 0. The van der Waals surface area contributed by atoms with Gasteiger partial charge in [0.25, 0.3) is 0 Å². The Morgan fingerprint density at radius 2 is 2.11 bits per heavy atom. The third-order valence-corrected chi connectivity index (χ3v) is 4.49. The normalized spacial score (nSPS) is 21.2. The van der Waals surface area contributed by atoms with Crippen LogP contribution >= 0.6 is 0 Å². The maximum atomic E-state index is 5.58. The molecule has 1 fully saturated rings. The number of ether oxygens (including phenoxy) is 1. The van der Waals surface area contributed by atoms with Gasteiger partial charge in [0.1, 0.15) is 5.71 Å². The first-order chi connectivity index (χ1) is 13.7. The summed E-state index contributed by atoms with van der Waals surface area (Å²) in [5, 5.41) is 3.38. The topological polar surface area (TPSA) is 87.6 Å². The average Bonchev–Trinajstić information content (AvgIpc) is 2.74. The van der Waals surface area contributed by atoms with E-state index in [-0.39, 0.29) is 0 Å². The third kappa shape index (κ3) is 6.28. The van der Waals surface area contributed by atoms with Gasteiger partial charge in [0.05, 0.1) is 24.6 Å². The molecule has 0 unspecified atom stereocenters. The number of rotatable bonds is 8. The van der Waals surface area contributed by atoms with Crippen LogP contribution in [0, 0.1) is 0 Å². The summed E-state index contributed by atoms with van der Waals surface area (Å²) in [4.78, 5) is 15.8. The van der Waals surface area contributed by atoms with Crippen LogP contribution in [0.2, 0.25) is 0 Å². The number of aliphatic imine (C=N–C) groups is 3. The van der Waals surface area contributed by atoms with Crippen LogP contribution in [0.3, 0.4) is 0 Å². The van der Waals surface area contributed by atoms with E-state index < -0.39 is 0 Å². The van der Waals surface area contributed by atoms with Gasteiger partial charge in [-0.15, -0.1) is 0 Å². The van der Waals surface area contributed by atoms with E-state index in [9.17, 15) is 0 Å². The minimum Gasteiger partial charge on any atom is -0.378 e. The summed E-state index contributed by atoms with van der Waals surface area (Å²) in [6.45, 7) is 8.80. The van der Waals surface area contributed by atoms with Crippen LogP contribution < -0.4 is 11.1 Å². The molecule has 0 aromatic carbocycles. The fourth-order valence-corrected chi connectivity index (χ4v) is 2.92. The predicted octanol–water partition coefficient (Wildman–Crippen LogP) is 1.71. The van der Waals surface area contributed by atoms with Gasteiger partial charge in [-0.3, -0.25) is 9.98 Å². The van der Waals surface area contributed by atoms with Crippen molar-refractivity contribution in [3.05, 3.63) is 48.4 Å². The SMILES string of the molecule is C=C/C(=C\C=C\N1CCOCC1)C1=CC(=N/C)/C(=N\C)C(NCCCCN)=N1. The quantitative estimate of drug-likeness (QED) is 0.493. The minimum absolute atomic E-state index is 0.689. The van der Waals surface area contributed by atoms with E-state index in [0.717, 1.165) is 74.2 Å². The molecule has 1 saturated heterocycles. The molecule has 0 aromatic heterocycles. The van der Waals surface area contributed by atoms with Gasteiger partial charge in [-0.2, -0.15) is 0 Å². The van der Waals surface area contributed by atoms with Crippen LogP contribution in [0.1, 0.15) is 12.8 Å². The van der Waals surface area contributed by atoms with Gasteiger partial charge < -0.3 is 20.7 Å². The van der Waals surface area contributed by atoms with Crippen molar-refractivity contribution in [3.63, 3.8) is 0 Å². The molecule has 2 rings (SSSR count). The lowest BCUT2D eigenvalue weighted by atomic mass is 10.0. The summed E-state index contributed by atoms with van der Waals surface area (Å²) in [5.74, 6) is 0.738. The molecule has 0 spiro atoms. The highest BCUT2D eigenvalue weighted by Crippen LogP contribution is 2.18. The first-order valence-electron chi connectivity index (χ1n) is 9.75. The number of allylic oxidation sites excluding steroid dienone is 4. The largest absolute Gasteiger partial charge is 0.378 e. The Kier molecular flexibility index (Phi) is 9.37. The lowest BCUT2D eigenvalue weighted by Gasteiger charge is -2.24. The summed E-state index contributed by atoms with van der Waals surface area (Å²) in [6.07, 6.45) is 11.8. The summed E-state index contributed by atoms with van der Waals surface area (Å²) in [7, 11) is 3.52. The Bertz CT molecular complexity index is 708. The molecule has 0 aliphatic carbocycles. The second-order valence-electron chi connectivity index (χ2n) is 6.41. The van der Waals surface area contributed by atoms with E-state index >= 15 is 0 Å². The number of hydrogen-bond donors (Lipinski definition) is 2. The standard InChI is InChI=1S/C21H32N6O/c1-4-17(8-7-11-27-12-14-28-15-13-27)18-16-19(23-2)20(24-3)21(26-18)25-10-6-5-9-22/h4,7-8,11,16H,1,5-6,9-10,12-15,22H2,2-3H3,(H,25,26)/b11-7+,17-8+,23-19-,24-20+. The zero-order chi connectivity index (χ0) is 20.2. The molecule has 2 heterocycles. The fraction of sp³-hybridized carbons (Fsp3) is 0.476. The molecule has 28 heavy (non-hydrogen) atoms. The molecule has 3 N–H and O–H groups in total. The third-order valence-electron chi connectivity index (χ3n) is 4.49. The molecule has 0 bridgehead atoms. The zero-order valence-electron chi connectivity index (χ0n) is 17.0. The fourth-order valence-electron chi connectivity index (χ4n) is 2.92. The Morgan fingerprint density at radius 3 is 2.75 bits per heavy atom. The van der Waals surface area contributed by atoms with Gasteiger partial charge in [0.15, 0.2) is 5.84 Å². The Labute approximate surface area is 168 Å². The van der Waals surface area contributed by atoms with Gasteiger partial charge in [-0.25, -0.2) is 4.99 Å². The number of unbranched alkanes of at least 4 members (excludes halogenated alkanes) is 1. The molecular weight excluding hydrogens is 352 g/mol. The minimum atomic E-state index is 0.689. The number of hydrogen-bond acceptors (Lipinski definition) is 7. The molecule has 0 radical (unpaired) electrons. The number of nitrogens with one attached hydrogen (secondary N) is 1. The Hall–Kier alpha value is -2.51. The molecule has 152 valence electrons. The lowest BCUT2D eigenvalue weighted by Crippen LogP contribution is -2.38. The molecule has 0 atom stereocenters. The molecule has 2 aliphatic rings. The first kappa shape index (κ1) is 21.8. The van der Waals surface area contributed by atoms with Gasteiger partial charge in [0, 0.05) is 33.7 Å². The molecule has 7 heteroatoms. The van der Waals surface area contributed by atoms with Crippen molar-refractivity contribution in [1.82, 2.24) is 10.2 Å². The Balaban J connectivity index is 2.19. The van der Waals surface area contributed by atoms with E-state index in [0.29, 0.717) is 6.54 Å². The van der Waals surface area contributed by atoms with Crippen molar-refractivity contribution in [3.8, 4) is 0 Å². The van der Waals surface area contributed by atoms with Crippen molar-refractivity contribution < 1.29 is 4.74 Å². The van der Waals surface area contributed by atoms with Crippen LogP contribution in [0.5, 0.6) is 0 Å². The van der Waals surface area contributed by atoms with E-state index in [2.05, 4.69) is 33.0 Å². The lowest BCUT2D eigenvalue weighted by molar-refractivity contribution is 0.0594. The number of nitrogens with zero attached hydrogens (tertiary/aromatic N) is 4. The van der Waals surface area contributed by atoms with Crippen LogP contribution in [-0.2, 0) is 4.74 Å². The summed E-state index contributed by atoms with van der Waals surface area (Å²) < 4.78 is 5.38. The summed E-state index contributed by atoms with van der Waals surface area (Å²) in [6, 6.07) is 0. The second kappa shape index (κ2) is 12.0. The maximum Gasteiger partial charge on any atom is 0.154 e. The first-order valence-corrected chi connectivity index (χ1v) is 9.75. The van der Waals surface area contributed by atoms with Gasteiger partial charge in [-0.1, -0.05) is 18.7 Å². The molecule has 0 saturated carbocycles. The number of morpholine rings is 1. The van der Waals surface area contributed by atoms with Crippen LogP contribution in [-0.4, -0.2) is 75.6 Å². The molecule has 0 amide bonds. The van der Waals surface area contributed by atoms with Gasteiger partial charge >= 0.3 is 0 Å². The van der Waals surface area contributed by atoms with E-state index in [1.54, 1.807) is 14.1 Å². The van der Waals surface area contributed by atoms with Crippen molar-refractivity contribution in [2.45, 2.75) is 12.8 Å². The molecule has 7 nitrogen and oxygen atoms in total. The maximum absolute atomic E-state index is 5.58. The highest BCUT2D eigenvalue weighted by atomic mass is 16.5. The predicted molar refractivity (Wildman–Crippen MR) is 118 cm³/mol. The highest BCUT2D eigenvalue weighted by molar-refractivity contribution is 6.71.